The zero-order valence-corrected chi connectivity index (χ0v) is 15.0. The van der Waals surface area contributed by atoms with Crippen molar-refractivity contribution in [2.24, 2.45) is 0 Å². The number of carboxylic acids is 1. The molecule has 5 nitrogen and oxygen atoms in total. The van der Waals surface area contributed by atoms with Gasteiger partial charge in [-0.15, -0.1) is 0 Å². The fourth-order valence-corrected chi connectivity index (χ4v) is 2.75. The van der Waals surface area contributed by atoms with E-state index in [1.165, 1.54) is 0 Å². The molecule has 0 aliphatic carbocycles. The van der Waals surface area contributed by atoms with Crippen LogP contribution < -0.4 is 4.74 Å². The number of carbonyl (C=O) groups is 1. The molecule has 0 saturated heterocycles. The molecule has 1 rings (SSSR count). The summed E-state index contributed by atoms with van der Waals surface area (Å²) in [5.74, 6) is -1.99. The molecular formula is C19H30O5. The van der Waals surface area contributed by atoms with Gasteiger partial charge in [0.2, 0.25) is 5.75 Å². The Kier molecular flexibility index (Phi) is 8.44. The molecule has 0 saturated carbocycles. The number of hydrogen-bond donors (Lipinski definition) is 3. The SMILES string of the molecule is CCCCOc1c(O)c(O)c(C(=O)O)c(CCCC)c1CCCC. The van der Waals surface area contributed by atoms with Crippen molar-refractivity contribution in [1.82, 2.24) is 0 Å². The van der Waals surface area contributed by atoms with Crippen molar-refractivity contribution in [3.63, 3.8) is 0 Å². The topological polar surface area (TPSA) is 87.0 Å². The molecule has 0 amide bonds. The van der Waals surface area contributed by atoms with Crippen LogP contribution in [0.15, 0.2) is 0 Å². The summed E-state index contributed by atoms with van der Waals surface area (Å²) in [5.41, 5.74) is 1.14. The molecule has 0 radical (unpaired) electrons. The van der Waals surface area contributed by atoms with Gasteiger partial charge in [0.05, 0.1) is 6.61 Å². The van der Waals surface area contributed by atoms with Gasteiger partial charge in [-0.1, -0.05) is 40.0 Å². The Morgan fingerprint density at radius 2 is 1.42 bits per heavy atom. The minimum atomic E-state index is -1.22. The molecule has 0 atom stereocenters. The number of unbranched alkanes of at least 4 members (excludes halogenated alkanes) is 3. The van der Waals surface area contributed by atoms with E-state index < -0.39 is 17.5 Å². The van der Waals surface area contributed by atoms with E-state index in [0.29, 0.717) is 25.0 Å². The number of benzene rings is 1. The molecule has 0 bridgehead atoms. The highest BCUT2D eigenvalue weighted by molar-refractivity contribution is 5.95. The maximum atomic E-state index is 11.6. The molecule has 5 heteroatoms. The van der Waals surface area contributed by atoms with Crippen LogP contribution in [-0.4, -0.2) is 27.9 Å². The Balaban J connectivity index is 3.48. The first-order valence-electron chi connectivity index (χ1n) is 8.95. The first-order chi connectivity index (χ1) is 11.5. The fraction of sp³-hybridized carbons (Fsp3) is 0.632. The lowest BCUT2D eigenvalue weighted by molar-refractivity contribution is 0.0691. The molecule has 136 valence electrons. The fourth-order valence-electron chi connectivity index (χ4n) is 2.75. The van der Waals surface area contributed by atoms with Gasteiger partial charge in [-0.3, -0.25) is 0 Å². The van der Waals surface area contributed by atoms with E-state index in [0.717, 1.165) is 44.1 Å². The van der Waals surface area contributed by atoms with Gasteiger partial charge in [-0.05, 0) is 37.7 Å². The Morgan fingerprint density at radius 1 is 0.875 bits per heavy atom. The van der Waals surface area contributed by atoms with Crippen LogP contribution in [0.2, 0.25) is 0 Å². The van der Waals surface area contributed by atoms with E-state index in [1.54, 1.807) is 0 Å². The van der Waals surface area contributed by atoms with Crippen LogP contribution in [0, 0.1) is 0 Å². The van der Waals surface area contributed by atoms with Crippen molar-refractivity contribution < 1.29 is 24.9 Å². The van der Waals surface area contributed by atoms with Crippen LogP contribution in [0.25, 0.3) is 0 Å². The van der Waals surface area contributed by atoms with Gasteiger partial charge < -0.3 is 20.1 Å². The minimum Gasteiger partial charge on any atom is -0.504 e. The summed E-state index contributed by atoms with van der Waals surface area (Å²) >= 11 is 0. The van der Waals surface area contributed by atoms with E-state index in [2.05, 4.69) is 6.92 Å². The van der Waals surface area contributed by atoms with E-state index in [4.69, 9.17) is 4.74 Å². The number of ether oxygens (including phenoxy) is 1. The predicted octanol–water partition coefficient (Wildman–Crippen LogP) is 4.66. The molecule has 0 fully saturated rings. The van der Waals surface area contributed by atoms with Gasteiger partial charge in [0, 0.05) is 5.56 Å². The molecule has 3 N–H and O–H groups in total. The van der Waals surface area contributed by atoms with E-state index in [9.17, 15) is 20.1 Å². The van der Waals surface area contributed by atoms with Crippen molar-refractivity contribution in [1.29, 1.82) is 0 Å². The van der Waals surface area contributed by atoms with Crippen LogP contribution in [0.5, 0.6) is 17.2 Å². The second-order valence-corrected chi connectivity index (χ2v) is 6.07. The molecule has 0 spiro atoms. The van der Waals surface area contributed by atoms with Gasteiger partial charge in [0.15, 0.2) is 11.5 Å². The van der Waals surface area contributed by atoms with Gasteiger partial charge >= 0.3 is 5.97 Å². The molecule has 0 aromatic heterocycles. The van der Waals surface area contributed by atoms with Crippen molar-refractivity contribution in [3.05, 3.63) is 16.7 Å². The summed E-state index contributed by atoms with van der Waals surface area (Å²) in [7, 11) is 0. The third-order valence-electron chi connectivity index (χ3n) is 4.14. The first-order valence-corrected chi connectivity index (χ1v) is 8.95. The average Bonchev–Trinajstić information content (AvgIpc) is 2.55. The number of rotatable bonds is 11. The third-order valence-corrected chi connectivity index (χ3v) is 4.14. The highest BCUT2D eigenvalue weighted by atomic mass is 16.5. The molecule has 0 heterocycles. The third kappa shape index (κ3) is 4.79. The Hall–Kier alpha value is -1.91. The lowest BCUT2D eigenvalue weighted by Gasteiger charge is -2.20. The maximum absolute atomic E-state index is 11.6. The quantitative estimate of drug-likeness (QED) is 0.403. The number of aromatic carboxylic acids is 1. The second kappa shape index (κ2) is 10.1. The largest absolute Gasteiger partial charge is 0.504 e. The van der Waals surface area contributed by atoms with Crippen LogP contribution in [0.3, 0.4) is 0 Å². The smallest absolute Gasteiger partial charge is 0.339 e. The molecular weight excluding hydrogens is 308 g/mol. The zero-order chi connectivity index (χ0) is 18.1. The predicted molar refractivity (Wildman–Crippen MR) is 94.4 cm³/mol. The lowest BCUT2D eigenvalue weighted by atomic mass is 9.91. The summed E-state index contributed by atoms with van der Waals surface area (Å²) in [5, 5.41) is 30.1. The van der Waals surface area contributed by atoms with Gasteiger partial charge in [-0.2, -0.15) is 0 Å². The summed E-state index contributed by atoms with van der Waals surface area (Å²) < 4.78 is 5.74. The Labute approximate surface area is 144 Å². The summed E-state index contributed by atoms with van der Waals surface area (Å²) in [6.07, 6.45) is 6.52. The van der Waals surface area contributed by atoms with Crippen LogP contribution in [-0.2, 0) is 12.8 Å². The van der Waals surface area contributed by atoms with Crippen LogP contribution in [0.4, 0.5) is 0 Å². The highest BCUT2D eigenvalue weighted by Gasteiger charge is 2.27. The first kappa shape index (κ1) is 20.1. The highest BCUT2D eigenvalue weighted by Crippen LogP contribution is 2.45. The molecule has 24 heavy (non-hydrogen) atoms. The minimum absolute atomic E-state index is 0.185. The summed E-state index contributed by atoms with van der Waals surface area (Å²) in [6, 6.07) is 0. The monoisotopic (exact) mass is 338 g/mol. The van der Waals surface area contributed by atoms with Crippen molar-refractivity contribution in [2.45, 2.75) is 72.1 Å². The summed E-state index contributed by atoms with van der Waals surface area (Å²) in [6.45, 7) is 6.56. The lowest BCUT2D eigenvalue weighted by Crippen LogP contribution is -2.11. The van der Waals surface area contributed by atoms with Crippen LogP contribution in [0.1, 0.15) is 80.8 Å². The molecule has 0 aliphatic rings. The molecule has 0 aliphatic heterocycles. The van der Waals surface area contributed by atoms with Gasteiger partial charge in [0.25, 0.3) is 0 Å². The van der Waals surface area contributed by atoms with Crippen LogP contribution >= 0.6 is 0 Å². The maximum Gasteiger partial charge on any atom is 0.339 e. The van der Waals surface area contributed by atoms with Crippen molar-refractivity contribution >= 4 is 5.97 Å². The second-order valence-electron chi connectivity index (χ2n) is 6.07. The van der Waals surface area contributed by atoms with Gasteiger partial charge in [-0.25, -0.2) is 4.79 Å². The normalized spacial score (nSPS) is 10.8. The number of carboxylic acid groups (broad SMARTS) is 1. The van der Waals surface area contributed by atoms with Crippen molar-refractivity contribution in [2.75, 3.05) is 6.61 Å². The van der Waals surface area contributed by atoms with Gasteiger partial charge in [0.1, 0.15) is 5.56 Å². The van der Waals surface area contributed by atoms with E-state index in [-0.39, 0.29) is 11.3 Å². The molecule has 1 aromatic rings. The standard InChI is InChI=1S/C19H30O5/c1-4-7-10-13-14(11-8-5-2)18(24-12-9-6-3)17(21)16(20)15(13)19(22)23/h20-21H,4-12H2,1-3H3,(H,22,23). The Morgan fingerprint density at radius 3 is 1.92 bits per heavy atom. The molecule has 1 aromatic carbocycles. The number of phenols is 2. The Bertz CT molecular complexity index is 551. The zero-order valence-electron chi connectivity index (χ0n) is 15.0. The molecule has 0 unspecified atom stereocenters. The number of phenolic OH excluding ortho intramolecular Hbond substituents is 1. The summed E-state index contributed by atoms with van der Waals surface area (Å²) in [4.78, 5) is 11.6. The van der Waals surface area contributed by atoms with Crippen molar-refractivity contribution in [3.8, 4) is 17.2 Å². The van der Waals surface area contributed by atoms with E-state index in [1.807, 2.05) is 13.8 Å². The average molecular weight is 338 g/mol. The number of hydrogen-bond acceptors (Lipinski definition) is 4. The number of aromatic hydroxyl groups is 2. The van der Waals surface area contributed by atoms with E-state index >= 15 is 0 Å².